The Bertz CT molecular complexity index is 6490. The molecule has 0 bridgehead atoms. The minimum atomic E-state index is -4.53. The SMILES string of the molecule is CC(C)(COS(=O)(=O)c1ccccc1)COS(=O)(=O)c1ccccc1.Cc1ccc(S(=O)(=O)OCC(C)(C)COS(=O)(=O)c2ccc(C)cc2)cc1.Cc1ccc(S(=O)(=O)OS(=O)(=O)c2ccc(C)cc2)cc1.O=C1OS(=O)(=O)c2ccccc21.O=S(=O)(OCC(COS(=O)(=O)c1ccccc1)(COS(=O)(=O)c1ccccc1)COS(=O)(=O)c1ccccc1)c1ccccc1. The summed E-state index contributed by atoms with van der Waals surface area (Å²) in [5.74, 6) is -0.800. The fraction of sp³-hybridized carbons (Fsp3) is 0.221. The predicted molar refractivity (Wildman–Crippen MR) is 473 cm³/mol. The van der Waals surface area contributed by atoms with E-state index in [0.717, 1.165) is 22.3 Å². The van der Waals surface area contributed by atoms with Crippen LogP contribution < -0.4 is 0 Å². The Hall–Kier alpha value is -10.0. The highest BCUT2D eigenvalue weighted by atomic mass is 32.3. The van der Waals surface area contributed by atoms with Crippen LogP contribution in [0.1, 0.15) is 60.3 Å². The maximum absolute atomic E-state index is 13.0. The van der Waals surface area contributed by atoms with E-state index in [4.69, 9.17) is 33.5 Å². The quantitative estimate of drug-likeness (QED) is 0.0329. The van der Waals surface area contributed by atoms with E-state index >= 15 is 0 Å². The van der Waals surface area contributed by atoms with Crippen LogP contribution in [0.2, 0.25) is 0 Å². The van der Waals surface area contributed by atoms with Gasteiger partial charge in [-0.25, -0.2) is 4.79 Å². The van der Waals surface area contributed by atoms with Crippen LogP contribution in [0.25, 0.3) is 0 Å². The van der Waals surface area contributed by atoms with Gasteiger partial charge in [0.25, 0.3) is 80.9 Å². The number of fused-ring (bicyclic) bond motifs is 1. The minimum Gasteiger partial charge on any atom is -0.338 e. The van der Waals surface area contributed by atoms with E-state index in [9.17, 15) is 97.4 Å². The molecule has 0 unspecified atom stereocenters. The van der Waals surface area contributed by atoms with Crippen molar-refractivity contribution in [1.29, 1.82) is 0 Å². The van der Waals surface area contributed by atoms with E-state index in [1.54, 1.807) is 163 Å². The van der Waals surface area contributed by atoms with Gasteiger partial charge in [-0.3, -0.25) is 33.5 Å². The maximum Gasteiger partial charge on any atom is 0.355 e. The highest BCUT2D eigenvalue weighted by Gasteiger charge is 2.42. The van der Waals surface area contributed by atoms with Gasteiger partial charge in [-0.15, -0.1) is 3.63 Å². The van der Waals surface area contributed by atoms with E-state index in [0.29, 0.717) is 0 Å². The van der Waals surface area contributed by atoms with Gasteiger partial charge in [-0.2, -0.15) is 92.6 Å². The van der Waals surface area contributed by atoms with Crippen molar-refractivity contribution in [1.82, 2.24) is 0 Å². The summed E-state index contributed by atoms with van der Waals surface area (Å²) in [6.45, 7) is 9.05. The van der Waals surface area contributed by atoms with Crippen LogP contribution in [0.5, 0.6) is 0 Å². The van der Waals surface area contributed by atoms with Gasteiger partial charge in [-0.05, 0) is 161 Å². The number of carbonyl (C=O) groups excluding carboxylic acids is 1. The van der Waals surface area contributed by atoms with Crippen LogP contribution in [0.4, 0.5) is 0 Å². The van der Waals surface area contributed by atoms with Gasteiger partial charge < -0.3 is 4.18 Å². The Morgan fingerprint density at radius 2 is 0.400 bits per heavy atom. The number of hydrogen-bond donors (Lipinski definition) is 0. The van der Waals surface area contributed by atoms with Crippen molar-refractivity contribution in [2.24, 2.45) is 16.2 Å². The average Bonchev–Trinajstić information content (AvgIpc) is 1.73. The third-order valence-corrected chi connectivity index (χ3v) is 32.3. The first-order valence-electron chi connectivity index (χ1n) is 38.1. The summed E-state index contributed by atoms with van der Waals surface area (Å²) >= 11 is 0. The molecule has 0 aromatic heterocycles. The predicted octanol–water partition coefficient (Wildman–Crippen LogP) is 12.8. The fourth-order valence-corrected chi connectivity index (χ4v) is 22.3. The first-order chi connectivity index (χ1) is 60.6. The van der Waals surface area contributed by atoms with Crippen LogP contribution in [0.15, 0.2) is 357 Å². The van der Waals surface area contributed by atoms with Crippen LogP contribution in [-0.4, -0.2) is 151 Å². The molecule has 0 N–H and O–H groups in total. The van der Waals surface area contributed by atoms with Crippen molar-refractivity contribution in [2.75, 3.05) is 52.9 Å². The summed E-state index contributed by atoms with van der Waals surface area (Å²) < 4.78 is 322. The zero-order chi connectivity index (χ0) is 95.9. The summed E-state index contributed by atoms with van der Waals surface area (Å²) in [6.07, 6.45) is 0. The highest BCUT2D eigenvalue weighted by molar-refractivity contribution is 8.00. The molecule has 0 atom stereocenters. The largest absolute Gasteiger partial charge is 0.355 e. The monoisotopic (exact) mass is 2000 g/mol. The van der Waals surface area contributed by atoms with Gasteiger partial charge in [0.1, 0.15) is 4.90 Å². The summed E-state index contributed by atoms with van der Waals surface area (Å²) in [5.41, 5.74) is -0.136. The van der Waals surface area contributed by atoms with Crippen LogP contribution >= 0.6 is 0 Å². The number of rotatable bonds is 36. The standard InChI is InChI=1S/C29H28O12S4.C19H24O6S2.C17H20O6S2.C14H14O5S2.C7H4O4S/c30-42(31,25-13-5-1-6-14-25)38-21-29(22-39-43(32,33)26-15-7-2-8-16-26,23-40-44(34,35)27-17-9-3-10-18-27)24-41-45(36,37)28-19-11-4-12-20-28;1-15-5-9-17(10-6-15)26(20,21)24-13-19(3,4)14-25-27(22,23)18-11-7-16(2)8-12-18;1-17(2,13-22-24(18,19)15-9-5-3-6-10-15)14-23-25(20,21)16-11-7-4-8-12-16;1-11-3-7-13(8-4-11)20(15,16)19-21(17,18)14-9-5-12(2)6-10-14;8-7-5-3-1-2-4-6(5)12(9,10)11-7/h1-20H,21-24H2;5-12H,13-14H2,1-4H3;3-12H,13-14H2,1-2H3;3-10H,1-2H3;1-4H. The first-order valence-corrected chi connectivity index (χ1v) is 53.6. The lowest BCUT2D eigenvalue weighted by Crippen LogP contribution is -2.44. The topological polar surface area (TPSA) is 485 Å². The lowest BCUT2D eigenvalue weighted by molar-refractivity contribution is 0.00402. The Labute approximate surface area is 759 Å². The molecular weight excluding hydrogens is 1910 g/mol. The molecule has 130 heavy (non-hydrogen) atoms. The second kappa shape index (κ2) is 44.5. The van der Waals surface area contributed by atoms with Crippen molar-refractivity contribution >= 4 is 117 Å². The number of hydrogen-bond acceptors (Lipinski definition) is 33. The molecule has 11 aromatic rings. The van der Waals surface area contributed by atoms with Gasteiger partial charge in [0.05, 0.1) is 113 Å². The van der Waals surface area contributed by atoms with E-state index in [2.05, 4.69) is 7.81 Å². The van der Waals surface area contributed by atoms with Gasteiger partial charge in [0.15, 0.2) is 0 Å². The Balaban J connectivity index is 0.000000213. The molecule has 0 aliphatic carbocycles. The average molecular weight is 2000 g/mol. The molecule has 0 spiro atoms. The molecule has 11 aromatic carbocycles. The van der Waals surface area contributed by atoms with Crippen molar-refractivity contribution in [3.63, 3.8) is 0 Å². The smallest absolute Gasteiger partial charge is 0.338 e. The van der Waals surface area contributed by atoms with Crippen molar-refractivity contribution in [3.8, 4) is 0 Å². The van der Waals surface area contributed by atoms with Crippen LogP contribution in [-0.2, 0) is 153 Å². The molecular formula is C86H90O33S11. The lowest BCUT2D eigenvalue weighted by atomic mass is 9.93. The van der Waals surface area contributed by atoms with Gasteiger partial charge in [-0.1, -0.05) is 220 Å². The van der Waals surface area contributed by atoms with Gasteiger partial charge >= 0.3 is 36.3 Å². The second-order valence-corrected chi connectivity index (χ2v) is 47.7. The van der Waals surface area contributed by atoms with Crippen molar-refractivity contribution < 1.29 is 139 Å². The summed E-state index contributed by atoms with van der Waals surface area (Å²) in [7, 11) is -46.3. The van der Waals surface area contributed by atoms with E-state index in [1.165, 1.54) is 182 Å². The molecule has 698 valence electrons. The van der Waals surface area contributed by atoms with Crippen LogP contribution in [0.3, 0.4) is 0 Å². The van der Waals surface area contributed by atoms with Gasteiger partial charge in [0.2, 0.25) is 0 Å². The van der Waals surface area contributed by atoms with Gasteiger partial charge in [0, 0.05) is 10.8 Å². The molecule has 33 nitrogen and oxygen atoms in total. The van der Waals surface area contributed by atoms with Crippen molar-refractivity contribution in [2.45, 2.75) is 109 Å². The Kier molecular flexibility index (Phi) is 36.0. The summed E-state index contributed by atoms with van der Waals surface area (Å²) in [4.78, 5) is 9.54. The minimum absolute atomic E-state index is 0.0450. The fourth-order valence-electron chi connectivity index (χ4n) is 10.2. The second-order valence-electron chi connectivity index (χ2n) is 30.0. The Morgan fingerprint density at radius 1 is 0.231 bits per heavy atom. The molecule has 0 saturated heterocycles. The van der Waals surface area contributed by atoms with E-state index in [-0.39, 0.29) is 85.8 Å². The number of carbonyl (C=O) groups is 1. The summed E-state index contributed by atoms with van der Waals surface area (Å²) in [5, 5.41) is 0. The molecule has 44 heteroatoms. The number of benzene rings is 11. The van der Waals surface area contributed by atoms with E-state index < -0.39 is 160 Å². The molecule has 1 aliphatic heterocycles. The molecule has 1 aliphatic rings. The zero-order valence-corrected chi connectivity index (χ0v) is 79.5. The molecule has 1 heterocycles. The van der Waals surface area contributed by atoms with Crippen LogP contribution in [0, 0.1) is 43.9 Å². The zero-order valence-electron chi connectivity index (χ0n) is 70.5. The lowest BCUT2D eigenvalue weighted by Gasteiger charge is -2.31. The van der Waals surface area contributed by atoms with E-state index in [1.807, 2.05) is 13.8 Å². The normalized spacial score (nSPS) is 13.3. The molecule has 0 saturated carbocycles. The summed E-state index contributed by atoms with van der Waals surface area (Å²) in [6, 6.07) is 73.1. The highest BCUT2D eigenvalue weighted by Crippen LogP contribution is 2.33. The third kappa shape index (κ3) is 31.6. The first kappa shape index (κ1) is 105. The van der Waals surface area contributed by atoms with Crippen molar-refractivity contribution in [3.05, 3.63) is 331 Å². The molecule has 0 radical (unpaired) electrons. The molecule has 12 rings (SSSR count). The number of aryl methyl sites for hydroxylation is 4. The molecule has 0 fully saturated rings. The maximum atomic E-state index is 13.0. The Morgan fingerprint density at radius 3 is 0.600 bits per heavy atom. The third-order valence-electron chi connectivity index (χ3n) is 17.7. The molecule has 0 amide bonds.